The van der Waals surface area contributed by atoms with E-state index in [4.69, 9.17) is 22.1 Å². The largest absolute Gasteiger partial charge is 0.492 e. The van der Waals surface area contributed by atoms with Crippen LogP contribution < -0.4 is 21.1 Å². The van der Waals surface area contributed by atoms with E-state index >= 15 is 0 Å². The number of urea groups is 1. The van der Waals surface area contributed by atoms with Crippen LogP contribution in [0.4, 0.5) is 10.5 Å². The number of primary amides is 1. The molecule has 0 bridgehead atoms. The predicted molar refractivity (Wildman–Crippen MR) is 95.6 cm³/mol. The molecule has 4 N–H and O–H groups in total. The quantitative estimate of drug-likeness (QED) is 0.698. The number of carbonyl (C=O) groups excluding carboxylic acids is 2. The van der Waals surface area contributed by atoms with Crippen LogP contribution in [0.25, 0.3) is 0 Å². The van der Waals surface area contributed by atoms with Gasteiger partial charge < -0.3 is 21.1 Å². The molecule has 0 radical (unpaired) electrons. The van der Waals surface area contributed by atoms with Crippen LogP contribution in [0.1, 0.15) is 24.3 Å². The number of thiophene rings is 1. The highest BCUT2D eigenvalue weighted by Gasteiger charge is 2.19. The third-order valence-corrected chi connectivity index (χ3v) is 4.33. The average Bonchev–Trinajstić information content (AvgIpc) is 3.03. The molecule has 0 saturated carbocycles. The number of halogens is 1. The van der Waals surface area contributed by atoms with Gasteiger partial charge in [0.25, 0.3) is 0 Å². The molecule has 128 valence electrons. The van der Waals surface area contributed by atoms with Crippen LogP contribution in [0.15, 0.2) is 35.7 Å². The zero-order valence-corrected chi connectivity index (χ0v) is 14.6. The van der Waals surface area contributed by atoms with E-state index in [2.05, 4.69) is 10.6 Å². The van der Waals surface area contributed by atoms with E-state index in [0.717, 1.165) is 4.88 Å². The third kappa shape index (κ3) is 5.14. The minimum absolute atomic E-state index is 0.0432. The lowest BCUT2D eigenvalue weighted by Crippen LogP contribution is -2.34. The van der Waals surface area contributed by atoms with Gasteiger partial charge in [0.05, 0.1) is 24.8 Å². The Labute approximate surface area is 148 Å². The summed E-state index contributed by atoms with van der Waals surface area (Å²) in [7, 11) is 0. The topological polar surface area (TPSA) is 93.4 Å². The van der Waals surface area contributed by atoms with Gasteiger partial charge >= 0.3 is 6.03 Å². The van der Waals surface area contributed by atoms with Crippen molar-refractivity contribution in [3.63, 3.8) is 0 Å². The minimum Gasteiger partial charge on any atom is -0.492 e. The standard InChI is InChI=1S/C16H18ClN3O3S/c1-2-23-13-6-5-10(17)8-11(13)19-15(21)9-12(20-16(18)22)14-4-3-7-24-14/h3-8,12H,2,9H2,1H3,(H,19,21)(H3,18,20,22). The molecule has 0 fully saturated rings. The second-order valence-electron chi connectivity index (χ2n) is 4.90. The van der Waals surface area contributed by atoms with Crippen LogP contribution in [-0.4, -0.2) is 18.5 Å². The van der Waals surface area contributed by atoms with Crippen LogP contribution >= 0.6 is 22.9 Å². The van der Waals surface area contributed by atoms with Crippen LogP contribution in [0.2, 0.25) is 5.02 Å². The highest BCUT2D eigenvalue weighted by atomic mass is 35.5. The van der Waals surface area contributed by atoms with E-state index < -0.39 is 12.1 Å². The molecule has 0 spiro atoms. The molecule has 1 unspecified atom stereocenters. The number of carbonyl (C=O) groups is 2. The van der Waals surface area contributed by atoms with Crippen molar-refractivity contribution in [1.82, 2.24) is 5.32 Å². The van der Waals surface area contributed by atoms with E-state index in [9.17, 15) is 9.59 Å². The summed E-state index contributed by atoms with van der Waals surface area (Å²) in [6, 6.07) is 7.51. The predicted octanol–water partition coefficient (Wildman–Crippen LogP) is 3.54. The number of nitrogens with two attached hydrogens (primary N) is 1. The molecule has 6 nitrogen and oxygen atoms in total. The van der Waals surface area contributed by atoms with Crippen molar-refractivity contribution in [2.75, 3.05) is 11.9 Å². The summed E-state index contributed by atoms with van der Waals surface area (Å²) < 4.78 is 5.47. The fraction of sp³-hybridized carbons (Fsp3) is 0.250. The molecular formula is C16H18ClN3O3S. The molecule has 8 heteroatoms. The van der Waals surface area contributed by atoms with E-state index in [1.165, 1.54) is 11.3 Å². The molecule has 0 aliphatic heterocycles. The van der Waals surface area contributed by atoms with E-state index in [1.54, 1.807) is 18.2 Å². The molecule has 3 amide bonds. The molecule has 1 atom stereocenters. The Morgan fingerprint density at radius 3 is 2.79 bits per heavy atom. The summed E-state index contributed by atoms with van der Waals surface area (Å²) in [5.74, 6) is 0.246. The first-order valence-electron chi connectivity index (χ1n) is 7.31. The average molecular weight is 368 g/mol. The Morgan fingerprint density at radius 1 is 1.38 bits per heavy atom. The summed E-state index contributed by atoms with van der Waals surface area (Å²) in [6.07, 6.45) is 0.0432. The Kier molecular flexibility index (Phi) is 6.45. The van der Waals surface area contributed by atoms with Gasteiger partial charge in [-0.1, -0.05) is 17.7 Å². The summed E-state index contributed by atoms with van der Waals surface area (Å²) in [4.78, 5) is 24.4. The van der Waals surface area contributed by atoms with E-state index in [0.29, 0.717) is 23.1 Å². The molecule has 1 aromatic heterocycles. The SMILES string of the molecule is CCOc1ccc(Cl)cc1NC(=O)CC(NC(N)=O)c1cccs1. The maximum Gasteiger partial charge on any atom is 0.312 e. The fourth-order valence-electron chi connectivity index (χ4n) is 2.15. The molecule has 0 aliphatic carbocycles. The lowest BCUT2D eigenvalue weighted by Gasteiger charge is -2.17. The first-order chi connectivity index (χ1) is 11.5. The van der Waals surface area contributed by atoms with Gasteiger partial charge in [0.1, 0.15) is 5.75 Å². The molecule has 0 aliphatic rings. The van der Waals surface area contributed by atoms with Crippen molar-refractivity contribution in [1.29, 1.82) is 0 Å². The number of amides is 3. The van der Waals surface area contributed by atoms with Crippen molar-refractivity contribution < 1.29 is 14.3 Å². The van der Waals surface area contributed by atoms with Crippen LogP contribution in [0, 0.1) is 0 Å². The first-order valence-corrected chi connectivity index (χ1v) is 8.57. The van der Waals surface area contributed by atoms with Crippen LogP contribution in [0.3, 0.4) is 0 Å². The molecule has 2 aromatic rings. The Hall–Kier alpha value is -2.25. The molecule has 0 saturated heterocycles. The van der Waals surface area contributed by atoms with Crippen molar-refractivity contribution in [2.24, 2.45) is 5.73 Å². The Bertz CT molecular complexity index is 707. The van der Waals surface area contributed by atoms with Gasteiger partial charge in [0, 0.05) is 9.90 Å². The number of hydrogen-bond acceptors (Lipinski definition) is 4. The number of nitrogens with one attached hydrogen (secondary N) is 2. The maximum absolute atomic E-state index is 12.4. The number of anilines is 1. The highest BCUT2D eigenvalue weighted by Crippen LogP contribution is 2.29. The number of ether oxygens (including phenoxy) is 1. The van der Waals surface area contributed by atoms with Gasteiger partial charge in [0.2, 0.25) is 5.91 Å². The van der Waals surface area contributed by atoms with Gasteiger partial charge in [-0.3, -0.25) is 4.79 Å². The van der Waals surface area contributed by atoms with Crippen LogP contribution in [0.5, 0.6) is 5.75 Å². The molecule has 1 heterocycles. The highest BCUT2D eigenvalue weighted by molar-refractivity contribution is 7.10. The minimum atomic E-state index is -0.682. The van der Waals surface area contributed by atoms with Gasteiger partial charge in [-0.05, 0) is 36.6 Å². The zero-order valence-electron chi connectivity index (χ0n) is 13.0. The van der Waals surface area contributed by atoms with Gasteiger partial charge in [-0.25, -0.2) is 4.79 Å². The lowest BCUT2D eigenvalue weighted by molar-refractivity contribution is -0.116. The maximum atomic E-state index is 12.4. The Morgan fingerprint density at radius 2 is 2.17 bits per heavy atom. The summed E-state index contributed by atoms with van der Waals surface area (Å²) in [5.41, 5.74) is 5.68. The van der Waals surface area contributed by atoms with E-state index in [-0.39, 0.29) is 12.3 Å². The first kappa shape index (κ1) is 18.1. The van der Waals surface area contributed by atoms with Crippen molar-refractivity contribution >= 4 is 40.6 Å². The normalized spacial score (nSPS) is 11.6. The zero-order chi connectivity index (χ0) is 17.5. The van der Waals surface area contributed by atoms with Crippen molar-refractivity contribution in [3.05, 3.63) is 45.6 Å². The van der Waals surface area contributed by atoms with Gasteiger partial charge in [-0.2, -0.15) is 0 Å². The third-order valence-electron chi connectivity index (χ3n) is 3.11. The lowest BCUT2D eigenvalue weighted by atomic mass is 10.1. The molecule has 1 aromatic carbocycles. The second-order valence-corrected chi connectivity index (χ2v) is 6.32. The fourth-order valence-corrected chi connectivity index (χ4v) is 3.10. The van der Waals surface area contributed by atoms with Gasteiger partial charge in [-0.15, -0.1) is 11.3 Å². The molecule has 2 rings (SSSR count). The van der Waals surface area contributed by atoms with Crippen molar-refractivity contribution in [2.45, 2.75) is 19.4 Å². The number of benzene rings is 1. The van der Waals surface area contributed by atoms with Gasteiger partial charge in [0.15, 0.2) is 0 Å². The molecule has 24 heavy (non-hydrogen) atoms. The summed E-state index contributed by atoms with van der Waals surface area (Å²) in [5, 5.41) is 7.70. The number of hydrogen-bond donors (Lipinski definition) is 3. The second kappa shape index (κ2) is 8.56. The number of rotatable bonds is 7. The van der Waals surface area contributed by atoms with Crippen LogP contribution in [-0.2, 0) is 4.79 Å². The summed E-state index contributed by atoms with van der Waals surface area (Å²) in [6.45, 7) is 2.31. The smallest absolute Gasteiger partial charge is 0.312 e. The van der Waals surface area contributed by atoms with Crippen molar-refractivity contribution in [3.8, 4) is 5.75 Å². The summed E-state index contributed by atoms with van der Waals surface area (Å²) >= 11 is 7.42. The van der Waals surface area contributed by atoms with E-state index in [1.807, 2.05) is 24.4 Å². The molecular weight excluding hydrogens is 350 g/mol. The Balaban J connectivity index is 2.11. The monoisotopic (exact) mass is 367 g/mol.